The average molecular weight is 275 g/mol. The Balaban J connectivity index is 1.88. The molecule has 1 aromatic rings. The van der Waals surface area contributed by atoms with Crippen LogP contribution in [0.3, 0.4) is 0 Å². The molecule has 20 heavy (non-hydrogen) atoms. The number of nitrogens with zero attached hydrogens (tertiary/aromatic N) is 1. The lowest BCUT2D eigenvalue weighted by Crippen LogP contribution is -2.23. The van der Waals surface area contributed by atoms with Crippen LogP contribution < -0.4 is 10.6 Å². The molecule has 2 unspecified atom stereocenters. The Morgan fingerprint density at radius 1 is 1.55 bits per heavy atom. The van der Waals surface area contributed by atoms with E-state index in [2.05, 4.69) is 22.2 Å². The summed E-state index contributed by atoms with van der Waals surface area (Å²) in [5, 5.41) is 6.10. The third kappa shape index (κ3) is 3.81. The van der Waals surface area contributed by atoms with Gasteiger partial charge in [0.1, 0.15) is 5.82 Å². The first-order valence-corrected chi connectivity index (χ1v) is 6.87. The summed E-state index contributed by atoms with van der Waals surface area (Å²) in [5.41, 5.74) is 0.554. The van der Waals surface area contributed by atoms with Crippen LogP contribution in [0.1, 0.15) is 29.6 Å². The number of hydrogen-bond donors (Lipinski definition) is 2. The van der Waals surface area contributed by atoms with Gasteiger partial charge in [-0.05, 0) is 31.4 Å². The van der Waals surface area contributed by atoms with E-state index < -0.39 is 0 Å². The fourth-order valence-electron chi connectivity index (χ4n) is 2.37. The molecular weight excluding hydrogens is 254 g/mol. The van der Waals surface area contributed by atoms with Gasteiger partial charge in [0.05, 0.1) is 11.7 Å². The van der Waals surface area contributed by atoms with Gasteiger partial charge in [-0.25, -0.2) is 4.98 Å². The van der Waals surface area contributed by atoms with Gasteiger partial charge < -0.3 is 15.4 Å². The van der Waals surface area contributed by atoms with Crippen molar-refractivity contribution in [3.8, 4) is 0 Å². The number of ether oxygens (including phenoxy) is 1. The molecule has 1 aliphatic carbocycles. The van der Waals surface area contributed by atoms with Crippen LogP contribution in [-0.4, -0.2) is 36.7 Å². The van der Waals surface area contributed by atoms with Crippen molar-refractivity contribution in [1.29, 1.82) is 0 Å². The number of carbonyl (C=O) groups is 1. The maximum absolute atomic E-state index is 11.7. The van der Waals surface area contributed by atoms with E-state index in [0.717, 1.165) is 25.1 Å². The highest BCUT2D eigenvalue weighted by atomic mass is 16.5. The van der Waals surface area contributed by atoms with Gasteiger partial charge in [0, 0.05) is 25.9 Å². The summed E-state index contributed by atoms with van der Waals surface area (Å²) in [6.45, 7) is 4.02. The van der Waals surface area contributed by atoms with E-state index >= 15 is 0 Å². The lowest BCUT2D eigenvalue weighted by atomic mass is 10.2. The second-order valence-electron chi connectivity index (χ2n) is 4.94. The van der Waals surface area contributed by atoms with Crippen LogP contribution in [0, 0.1) is 0 Å². The van der Waals surface area contributed by atoms with Crippen molar-refractivity contribution in [2.75, 3.05) is 19.0 Å². The zero-order chi connectivity index (χ0) is 14.4. The SMILES string of the molecule is C=CCNC(=O)c1ccc(NC2CCC(OC)C2)nc1. The van der Waals surface area contributed by atoms with Crippen LogP contribution >= 0.6 is 0 Å². The van der Waals surface area contributed by atoms with E-state index in [1.54, 1.807) is 25.4 Å². The Bertz CT molecular complexity index is 459. The van der Waals surface area contributed by atoms with Crippen LogP contribution in [-0.2, 0) is 4.74 Å². The fourth-order valence-corrected chi connectivity index (χ4v) is 2.37. The lowest BCUT2D eigenvalue weighted by Gasteiger charge is -2.13. The minimum Gasteiger partial charge on any atom is -0.381 e. The number of methoxy groups -OCH3 is 1. The lowest BCUT2D eigenvalue weighted by molar-refractivity contribution is 0.0957. The van der Waals surface area contributed by atoms with Gasteiger partial charge in [-0.1, -0.05) is 6.08 Å². The molecule has 0 saturated heterocycles. The minimum atomic E-state index is -0.135. The summed E-state index contributed by atoms with van der Waals surface area (Å²) in [6.07, 6.45) is 6.74. The molecular formula is C15H21N3O2. The van der Waals surface area contributed by atoms with Gasteiger partial charge in [0.2, 0.25) is 0 Å². The zero-order valence-electron chi connectivity index (χ0n) is 11.8. The predicted octanol–water partition coefficient (Wildman–Crippen LogP) is 1.98. The normalized spacial score (nSPS) is 21.4. The van der Waals surface area contributed by atoms with Crippen LogP contribution in [0.25, 0.3) is 0 Å². The molecule has 0 aromatic carbocycles. The van der Waals surface area contributed by atoms with Crippen molar-refractivity contribution >= 4 is 11.7 Å². The number of anilines is 1. The number of carbonyl (C=O) groups excluding carboxylic acids is 1. The van der Waals surface area contributed by atoms with Crippen molar-refractivity contribution in [3.05, 3.63) is 36.5 Å². The van der Waals surface area contributed by atoms with Gasteiger partial charge in [-0.2, -0.15) is 0 Å². The van der Waals surface area contributed by atoms with Crippen molar-refractivity contribution < 1.29 is 9.53 Å². The molecule has 5 heteroatoms. The maximum Gasteiger partial charge on any atom is 0.253 e. The number of amides is 1. The number of nitrogens with one attached hydrogen (secondary N) is 2. The van der Waals surface area contributed by atoms with Crippen LogP contribution in [0.15, 0.2) is 31.0 Å². The Hall–Kier alpha value is -1.88. The van der Waals surface area contributed by atoms with Gasteiger partial charge >= 0.3 is 0 Å². The van der Waals surface area contributed by atoms with E-state index in [1.165, 1.54) is 0 Å². The standard InChI is InChI=1S/C15H21N3O2/c1-3-8-16-15(19)11-4-7-14(17-10-11)18-12-5-6-13(9-12)20-2/h3-4,7,10,12-13H,1,5-6,8-9H2,2H3,(H,16,19)(H,17,18). The molecule has 108 valence electrons. The molecule has 1 fully saturated rings. The second kappa shape index (κ2) is 7.05. The van der Waals surface area contributed by atoms with Crippen molar-refractivity contribution in [2.45, 2.75) is 31.4 Å². The average Bonchev–Trinajstić information content (AvgIpc) is 2.93. The molecule has 0 bridgehead atoms. The Kier molecular flexibility index (Phi) is 5.12. The molecule has 1 aromatic heterocycles. The minimum absolute atomic E-state index is 0.135. The molecule has 2 rings (SSSR count). The summed E-state index contributed by atoms with van der Waals surface area (Å²) in [6, 6.07) is 4.01. The topological polar surface area (TPSA) is 63.2 Å². The first-order valence-electron chi connectivity index (χ1n) is 6.87. The summed E-state index contributed by atoms with van der Waals surface area (Å²) in [5.74, 6) is 0.663. The van der Waals surface area contributed by atoms with E-state index in [4.69, 9.17) is 4.74 Å². The largest absolute Gasteiger partial charge is 0.381 e. The summed E-state index contributed by atoms with van der Waals surface area (Å²) >= 11 is 0. The van der Waals surface area contributed by atoms with Crippen molar-refractivity contribution in [2.24, 2.45) is 0 Å². The van der Waals surface area contributed by atoms with Gasteiger partial charge in [-0.15, -0.1) is 6.58 Å². The maximum atomic E-state index is 11.7. The van der Waals surface area contributed by atoms with Crippen molar-refractivity contribution in [1.82, 2.24) is 10.3 Å². The van der Waals surface area contributed by atoms with E-state index in [1.807, 2.05) is 6.07 Å². The highest BCUT2D eigenvalue weighted by Gasteiger charge is 2.24. The number of hydrogen-bond acceptors (Lipinski definition) is 4. The predicted molar refractivity (Wildman–Crippen MR) is 78.8 cm³/mol. The van der Waals surface area contributed by atoms with Crippen LogP contribution in [0.2, 0.25) is 0 Å². The summed E-state index contributed by atoms with van der Waals surface area (Å²) in [4.78, 5) is 16.0. The number of pyridine rings is 1. The molecule has 2 N–H and O–H groups in total. The quantitative estimate of drug-likeness (QED) is 0.779. The van der Waals surface area contributed by atoms with Crippen molar-refractivity contribution in [3.63, 3.8) is 0 Å². The Morgan fingerprint density at radius 3 is 3.00 bits per heavy atom. The van der Waals surface area contributed by atoms with E-state index in [9.17, 15) is 4.79 Å². The van der Waals surface area contributed by atoms with E-state index in [-0.39, 0.29) is 5.91 Å². The van der Waals surface area contributed by atoms with Gasteiger partial charge in [0.25, 0.3) is 5.91 Å². The highest BCUT2D eigenvalue weighted by molar-refractivity contribution is 5.94. The van der Waals surface area contributed by atoms with Gasteiger partial charge in [0.15, 0.2) is 0 Å². The molecule has 0 aliphatic heterocycles. The third-order valence-electron chi connectivity index (χ3n) is 3.50. The second-order valence-corrected chi connectivity index (χ2v) is 4.94. The Labute approximate surface area is 119 Å². The Morgan fingerprint density at radius 2 is 2.40 bits per heavy atom. The van der Waals surface area contributed by atoms with Gasteiger partial charge in [-0.3, -0.25) is 4.79 Å². The molecule has 2 atom stereocenters. The fraction of sp³-hybridized carbons (Fsp3) is 0.467. The summed E-state index contributed by atoms with van der Waals surface area (Å²) < 4.78 is 5.35. The third-order valence-corrected chi connectivity index (χ3v) is 3.50. The molecule has 1 amide bonds. The monoisotopic (exact) mass is 275 g/mol. The molecule has 1 heterocycles. The van der Waals surface area contributed by atoms with Crippen LogP contribution in [0.5, 0.6) is 0 Å². The molecule has 0 spiro atoms. The highest BCUT2D eigenvalue weighted by Crippen LogP contribution is 2.24. The first kappa shape index (κ1) is 14.5. The molecule has 1 saturated carbocycles. The number of rotatable bonds is 6. The number of aromatic nitrogens is 1. The summed E-state index contributed by atoms with van der Waals surface area (Å²) in [7, 11) is 1.75. The molecule has 5 nitrogen and oxygen atoms in total. The molecule has 0 radical (unpaired) electrons. The smallest absolute Gasteiger partial charge is 0.253 e. The first-order chi connectivity index (χ1) is 9.72. The van der Waals surface area contributed by atoms with E-state index in [0.29, 0.717) is 24.3 Å². The zero-order valence-corrected chi connectivity index (χ0v) is 11.8. The molecule has 1 aliphatic rings. The van der Waals surface area contributed by atoms with Crippen LogP contribution in [0.4, 0.5) is 5.82 Å².